The molecule has 8 nitrogen and oxygen atoms in total. The first-order valence-corrected chi connectivity index (χ1v) is 10.4. The summed E-state index contributed by atoms with van der Waals surface area (Å²) in [6.07, 6.45) is 1.60. The first kappa shape index (κ1) is 21.0. The van der Waals surface area contributed by atoms with Gasteiger partial charge >= 0.3 is 0 Å². The molecule has 31 heavy (non-hydrogen) atoms. The highest BCUT2D eigenvalue weighted by Gasteiger charge is 2.26. The first-order chi connectivity index (χ1) is 15.1. The minimum Gasteiger partial charge on any atom is -0.493 e. The monoisotopic (exact) mass is 424 g/mol. The van der Waals surface area contributed by atoms with Crippen LogP contribution in [0, 0.1) is 5.92 Å². The van der Waals surface area contributed by atoms with Crippen LogP contribution >= 0.6 is 0 Å². The van der Waals surface area contributed by atoms with Gasteiger partial charge in [0.1, 0.15) is 5.82 Å². The number of imidazole rings is 1. The molecule has 2 N–H and O–H groups in total. The number of rotatable bonds is 7. The minimum absolute atomic E-state index is 0.0117. The van der Waals surface area contributed by atoms with Crippen LogP contribution in [-0.4, -0.2) is 55.2 Å². The zero-order chi connectivity index (χ0) is 21.8. The fourth-order valence-corrected chi connectivity index (χ4v) is 4.04. The average molecular weight is 425 g/mol. The van der Waals surface area contributed by atoms with Crippen LogP contribution in [-0.2, 0) is 11.3 Å². The minimum atomic E-state index is -0.0361. The van der Waals surface area contributed by atoms with E-state index in [1.54, 1.807) is 33.5 Å². The van der Waals surface area contributed by atoms with Crippen LogP contribution in [0.5, 0.6) is 17.2 Å². The van der Waals surface area contributed by atoms with Crippen molar-refractivity contribution in [1.29, 1.82) is 0 Å². The van der Waals surface area contributed by atoms with Crippen molar-refractivity contribution in [3.63, 3.8) is 0 Å². The van der Waals surface area contributed by atoms with Gasteiger partial charge in [0.25, 0.3) is 0 Å². The number of nitrogens with one attached hydrogen (secondary N) is 2. The smallest absolute Gasteiger partial charge is 0.227 e. The molecule has 8 heteroatoms. The molecule has 4 rings (SSSR count). The van der Waals surface area contributed by atoms with E-state index in [2.05, 4.69) is 20.2 Å². The Morgan fingerprint density at radius 2 is 1.77 bits per heavy atom. The van der Waals surface area contributed by atoms with E-state index in [0.717, 1.165) is 49.3 Å². The average Bonchev–Trinajstić information content (AvgIpc) is 3.21. The maximum atomic E-state index is 12.8. The van der Waals surface area contributed by atoms with Crippen LogP contribution in [0.1, 0.15) is 18.7 Å². The third kappa shape index (κ3) is 4.59. The number of methoxy groups -OCH3 is 3. The predicted octanol–water partition coefficient (Wildman–Crippen LogP) is 3.44. The van der Waals surface area contributed by atoms with E-state index in [1.807, 2.05) is 24.3 Å². The lowest BCUT2D eigenvalue weighted by atomic mass is 9.95. The van der Waals surface area contributed by atoms with Crippen molar-refractivity contribution in [2.45, 2.75) is 19.4 Å². The molecule has 1 saturated heterocycles. The highest BCUT2D eigenvalue weighted by molar-refractivity contribution is 5.93. The van der Waals surface area contributed by atoms with Crippen molar-refractivity contribution in [3.8, 4) is 17.2 Å². The molecular weight excluding hydrogens is 396 g/mol. The van der Waals surface area contributed by atoms with Crippen molar-refractivity contribution in [2.24, 2.45) is 5.92 Å². The number of nitrogens with zero attached hydrogens (tertiary/aromatic N) is 2. The second kappa shape index (κ2) is 9.26. The van der Waals surface area contributed by atoms with Crippen molar-refractivity contribution in [2.75, 3.05) is 39.7 Å². The number of hydrogen-bond donors (Lipinski definition) is 2. The lowest BCUT2D eigenvalue weighted by Crippen LogP contribution is -2.38. The van der Waals surface area contributed by atoms with Gasteiger partial charge in [0.15, 0.2) is 11.5 Å². The van der Waals surface area contributed by atoms with Crippen LogP contribution in [0.4, 0.5) is 5.69 Å². The van der Waals surface area contributed by atoms with Gasteiger partial charge in [0, 0.05) is 23.7 Å². The zero-order valence-corrected chi connectivity index (χ0v) is 18.1. The Morgan fingerprint density at radius 3 is 2.39 bits per heavy atom. The van der Waals surface area contributed by atoms with Crippen LogP contribution in [0.15, 0.2) is 36.4 Å². The van der Waals surface area contributed by atoms with Gasteiger partial charge in [-0.3, -0.25) is 9.69 Å². The van der Waals surface area contributed by atoms with E-state index >= 15 is 0 Å². The molecule has 0 radical (unpaired) electrons. The Balaban J connectivity index is 1.35. The summed E-state index contributed by atoms with van der Waals surface area (Å²) in [6.45, 7) is 2.46. The zero-order valence-electron chi connectivity index (χ0n) is 18.1. The summed E-state index contributed by atoms with van der Waals surface area (Å²) in [7, 11) is 4.67. The number of fused-ring (bicyclic) bond motifs is 1. The summed E-state index contributed by atoms with van der Waals surface area (Å²) in [5.74, 6) is 2.46. The highest BCUT2D eigenvalue weighted by atomic mass is 16.5. The number of ether oxygens (including phenoxy) is 3. The molecule has 3 aromatic rings. The third-order valence-corrected chi connectivity index (χ3v) is 5.70. The van der Waals surface area contributed by atoms with Gasteiger partial charge in [-0.1, -0.05) is 12.1 Å². The molecule has 1 fully saturated rings. The number of carbonyl (C=O) groups excluding carboxylic acids is 1. The standard InChI is InChI=1S/C23H28N4O4/c1-29-19-12-16(13-20(30-2)22(19)31-3)24-23(28)15-8-10-27(11-9-15)14-21-25-17-6-4-5-7-18(17)26-21/h4-7,12-13,15H,8-11,14H2,1-3H3,(H,24,28)(H,25,26). The number of piperidine rings is 1. The number of likely N-dealkylation sites (tertiary alicyclic amines) is 1. The number of amides is 1. The number of H-pyrrole nitrogens is 1. The molecular formula is C23H28N4O4. The molecule has 2 heterocycles. The van der Waals surface area contributed by atoms with Gasteiger partial charge in [-0.2, -0.15) is 0 Å². The Bertz CT molecular complexity index is 999. The molecule has 0 saturated carbocycles. The van der Waals surface area contributed by atoms with Gasteiger partial charge in [0.2, 0.25) is 11.7 Å². The molecule has 0 spiro atoms. The molecule has 1 aliphatic rings. The quantitative estimate of drug-likeness (QED) is 0.604. The van der Waals surface area contributed by atoms with Crippen molar-refractivity contribution >= 4 is 22.6 Å². The molecule has 164 valence electrons. The third-order valence-electron chi connectivity index (χ3n) is 5.70. The van der Waals surface area contributed by atoms with E-state index in [-0.39, 0.29) is 11.8 Å². The van der Waals surface area contributed by atoms with Crippen molar-refractivity contribution in [3.05, 3.63) is 42.2 Å². The number of carbonyl (C=O) groups is 1. The summed E-state index contributed by atoms with van der Waals surface area (Å²) >= 11 is 0. The largest absolute Gasteiger partial charge is 0.493 e. The lowest BCUT2D eigenvalue weighted by molar-refractivity contribution is -0.121. The van der Waals surface area contributed by atoms with Crippen LogP contribution in [0.2, 0.25) is 0 Å². The summed E-state index contributed by atoms with van der Waals surface area (Å²) in [4.78, 5) is 23.2. The summed E-state index contributed by atoms with van der Waals surface area (Å²) < 4.78 is 16.1. The number of aromatic nitrogens is 2. The van der Waals surface area contributed by atoms with Crippen molar-refractivity contribution < 1.29 is 19.0 Å². The second-order valence-corrected chi connectivity index (χ2v) is 7.65. The number of hydrogen-bond acceptors (Lipinski definition) is 6. The molecule has 0 unspecified atom stereocenters. The van der Waals surface area contributed by atoms with Crippen LogP contribution in [0.25, 0.3) is 11.0 Å². The Kier molecular flexibility index (Phi) is 6.27. The van der Waals surface area contributed by atoms with Crippen molar-refractivity contribution in [1.82, 2.24) is 14.9 Å². The predicted molar refractivity (Wildman–Crippen MR) is 119 cm³/mol. The second-order valence-electron chi connectivity index (χ2n) is 7.65. The Labute approximate surface area is 181 Å². The Hall–Kier alpha value is -3.26. The fraction of sp³-hybridized carbons (Fsp3) is 0.391. The maximum Gasteiger partial charge on any atom is 0.227 e. The molecule has 0 bridgehead atoms. The molecule has 2 aromatic carbocycles. The summed E-state index contributed by atoms with van der Waals surface area (Å²) in [5, 5.41) is 3.00. The number of benzene rings is 2. The van der Waals surface area contributed by atoms with E-state index in [0.29, 0.717) is 22.9 Å². The van der Waals surface area contributed by atoms with Gasteiger partial charge in [-0.15, -0.1) is 0 Å². The fourth-order valence-electron chi connectivity index (χ4n) is 4.04. The number of anilines is 1. The molecule has 0 atom stereocenters. The molecule has 1 amide bonds. The van der Waals surface area contributed by atoms with E-state index < -0.39 is 0 Å². The van der Waals surface area contributed by atoms with Gasteiger partial charge < -0.3 is 24.5 Å². The summed E-state index contributed by atoms with van der Waals surface area (Å²) in [5.41, 5.74) is 2.67. The Morgan fingerprint density at radius 1 is 1.10 bits per heavy atom. The first-order valence-electron chi connectivity index (χ1n) is 10.4. The maximum absolute atomic E-state index is 12.8. The highest BCUT2D eigenvalue weighted by Crippen LogP contribution is 2.40. The van der Waals surface area contributed by atoms with Gasteiger partial charge in [-0.05, 0) is 38.1 Å². The van der Waals surface area contributed by atoms with Gasteiger partial charge in [-0.25, -0.2) is 4.98 Å². The number of aromatic amines is 1. The molecule has 0 aliphatic carbocycles. The van der Waals surface area contributed by atoms with Crippen LogP contribution in [0.3, 0.4) is 0 Å². The SMILES string of the molecule is COc1cc(NC(=O)C2CCN(Cc3nc4ccccc4[nH]3)CC2)cc(OC)c1OC. The van der Waals surface area contributed by atoms with Crippen LogP contribution < -0.4 is 19.5 Å². The molecule has 1 aliphatic heterocycles. The topological polar surface area (TPSA) is 88.7 Å². The normalized spacial score (nSPS) is 15.1. The van der Waals surface area contributed by atoms with E-state index in [1.165, 1.54) is 0 Å². The summed E-state index contributed by atoms with van der Waals surface area (Å²) in [6, 6.07) is 11.5. The van der Waals surface area contributed by atoms with E-state index in [9.17, 15) is 4.79 Å². The molecule has 1 aromatic heterocycles. The van der Waals surface area contributed by atoms with E-state index in [4.69, 9.17) is 14.2 Å². The number of para-hydroxylation sites is 2. The lowest BCUT2D eigenvalue weighted by Gasteiger charge is -2.30. The van der Waals surface area contributed by atoms with Gasteiger partial charge in [0.05, 0.1) is 38.9 Å².